The number of anilines is 1. The van der Waals surface area contributed by atoms with E-state index in [1.54, 1.807) is 23.5 Å². The van der Waals surface area contributed by atoms with Crippen LogP contribution in [-0.4, -0.2) is 155 Å². The molecule has 3 amide bonds. The molecule has 6 aromatic rings. The minimum atomic E-state index is -0.988. The van der Waals surface area contributed by atoms with Gasteiger partial charge < -0.3 is 50.2 Å². The van der Waals surface area contributed by atoms with Crippen LogP contribution in [0, 0.1) is 18.2 Å². The molecule has 3 saturated heterocycles. The number of aromatic hydroxyl groups is 1. The maximum absolute atomic E-state index is 17.0. The highest BCUT2D eigenvalue weighted by Crippen LogP contribution is 2.43. The zero-order chi connectivity index (χ0) is 54.5. The molecule has 0 saturated carbocycles. The number of ether oxygens (including phenoxy) is 3. The van der Waals surface area contributed by atoms with Gasteiger partial charge >= 0.3 is 6.01 Å². The molecule has 0 radical (unpaired) electrons. The lowest BCUT2D eigenvalue weighted by Crippen LogP contribution is -2.58. The molecule has 0 bridgehead atoms. The Kier molecular flexibility index (Phi) is 17.6. The summed E-state index contributed by atoms with van der Waals surface area (Å²) in [5.41, 5.74) is 4.66. The lowest BCUT2D eigenvalue weighted by atomic mass is 9.85. The fourth-order valence-electron chi connectivity index (χ4n) is 10.6. The number of aliphatic hydroxyl groups excluding tert-OH is 1. The van der Waals surface area contributed by atoms with Crippen molar-refractivity contribution in [3.63, 3.8) is 0 Å². The van der Waals surface area contributed by atoms with E-state index in [9.17, 15) is 24.6 Å². The molecule has 3 aliphatic heterocycles. The topological polar surface area (TPSA) is 204 Å². The monoisotopic (exact) mass is 1090 g/mol. The van der Waals surface area contributed by atoms with E-state index in [1.807, 2.05) is 95.6 Å². The van der Waals surface area contributed by atoms with Gasteiger partial charge in [0.25, 0.3) is 0 Å². The van der Waals surface area contributed by atoms with Crippen LogP contribution in [0.15, 0.2) is 72.2 Å². The van der Waals surface area contributed by atoms with Crippen LogP contribution in [-0.2, 0) is 23.9 Å². The summed E-state index contributed by atoms with van der Waals surface area (Å²) in [7, 11) is 0. The molecule has 2 aromatic heterocycles. The molecule has 5 heterocycles. The molecule has 5 atom stereocenters. The normalized spacial score (nSPS) is 18.9. The Bertz CT molecular complexity index is 3070. The Labute approximate surface area is 457 Å². The Morgan fingerprint density at radius 1 is 0.961 bits per heavy atom. The van der Waals surface area contributed by atoms with Gasteiger partial charge in [-0.15, -0.1) is 11.3 Å². The van der Waals surface area contributed by atoms with Crippen molar-refractivity contribution in [3.8, 4) is 33.3 Å². The van der Waals surface area contributed by atoms with Gasteiger partial charge in [-0.1, -0.05) is 80.9 Å². The maximum Gasteiger partial charge on any atom is 0.319 e. The summed E-state index contributed by atoms with van der Waals surface area (Å²) < 4.78 is 35.2. The summed E-state index contributed by atoms with van der Waals surface area (Å²) in [6.45, 7) is 16.3. The number of thiazole rings is 1. The third kappa shape index (κ3) is 13.1. The van der Waals surface area contributed by atoms with Crippen molar-refractivity contribution >= 4 is 68.2 Å². The summed E-state index contributed by atoms with van der Waals surface area (Å²) in [5, 5.41) is 32.7. The SMILES string of the molecule is Cc1ncsc1-c1ccc([C@H](C)NC(=O)C2CC(O)CN2C(=O)[C@@H](NC(=O)COCCOC2CCN(C[C@@H](C)Oc3nc(N4CCNCC4)c4cc(Cl)c(-c5cc(O)cc6ccccc56)c(F)c4n3)CC2)C(C)(C)C)cc1. The Morgan fingerprint density at radius 2 is 1.70 bits per heavy atom. The van der Waals surface area contributed by atoms with E-state index >= 15 is 4.39 Å². The Hall–Kier alpha value is -6.06. The lowest BCUT2D eigenvalue weighted by molar-refractivity contribution is -0.144. The molecule has 4 aromatic carbocycles. The maximum atomic E-state index is 17.0. The third-order valence-electron chi connectivity index (χ3n) is 14.6. The molecule has 0 aliphatic carbocycles. The standard InChI is InChI=1S/C57H69ClFN9O8S/c1-33(76-56-64-50-44(53(65-56)67-21-17-60-18-22-67)28-45(58)48(49(50)59)43-26-39(69)25-38-9-7-8-10-42(38)43)29-66-19-15-41(16-20-66)75-24-23-74-31-47(71)63-52(57(4,5)6)55(73)68-30-40(70)27-46(68)54(72)62-34(2)36-11-13-37(14-12-36)51-35(3)61-32-77-51/h7-14,25-26,28,32-34,40-41,46,52,60,69-70H,15-24,27,29-31H2,1-6H3,(H,62,72)(H,63,71)/t33-,34+,40?,46?,52-/m1/s1. The fourth-order valence-corrected chi connectivity index (χ4v) is 11.7. The molecule has 3 aliphatic rings. The summed E-state index contributed by atoms with van der Waals surface area (Å²) >= 11 is 8.47. The second-order valence-corrected chi connectivity index (χ2v) is 22.7. The van der Waals surface area contributed by atoms with E-state index < -0.39 is 41.2 Å². The third-order valence-corrected chi connectivity index (χ3v) is 15.9. The van der Waals surface area contributed by atoms with Crippen molar-refractivity contribution in [2.75, 3.05) is 77.1 Å². The number of rotatable bonds is 18. The van der Waals surface area contributed by atoms with Gasteiger partial charge in [0, 0.05) is 69.7 Å². The zero-order valence-corrected chi connectivity index (χ0v) is 46.1. The number of piperidine rings is 1. The van der Waals surface area contributed by atoms with Gasteiger partial charge in [0.05, 0.1) is 52.6 Å². The van der Waals surface area contributed by atoms with Crippen LogP contribution in [0.25, 0.3) is 43.2 Å². The number of aryl methyl sites for hydroxylation is 1. The van der Waals surface area contributed by atoms with Gasteiger partial charge in [-0.2, -0.15) is 9.97 Å². The molecule has 410 valence electrons. The number of hydrogen-bond donors (Lipinski definition) is 5. The first-order valence-electron chi connectivity index (χ1n) is 26.5. The lowest BCUT2D eigenvalue weighted by Gasteiger charge is -2.35. The number of benzene rings is 4. The number of likely N-dealkylation sites (tertiary alicyclic amines) is 2. The molecule has 9 rings (SSSR count). The number of halogens is 2. The largest absolute Gasteiger partial charge is 0.508 e. The number of hydrogen-bond acceptors (Lipinski definition) is 15. The van der Waals surface area contributed by atoms with Crippen LogP contribution in [0.2, 0.25) is 5.02 Å². The highest BCUT2D eigenvalue weighted by Gasteiger charge is 2.45. The van der Waals surface area contributed by atoms with Gasteiger partial charge in [-0.3, -0.25) is 19.3 Å². The number of fused-ring (bicyclic) bond motifs is 2. The number of amides is 3. The van der Waals surface area contributed by atoms with Crippen LogP contribution in [0.1, 0.15) is 71.2 Å². The number of nitrogens with one attached hydrogen (secondary N) is 3. The summed E-state index contributed by atoms with van der Waals surface area (Å²) in [6, 6.07) is 18.0. The first kappa shape index (κ1) is 55.7. The second-order valence-electron chi connectivity index (χ2n) is 21.5. The van der Waals surface area contributed by atoms with E-state index in [2.05, 4.69) is 35.7 Å². The fraction of sp³-hybridized carbons (Fsp3) is 0.474. The first-order valence-corrected chi connectivity index (χ1v) is 27.7. The number of phenols is 1. The molecule has 3 fully saturated rings. The van der Waals surface area contributed by atoms with Crippen LogP contribution in [0.5, 0.6) is 11.8 Å². The van der Waals surface area contributed by atoms with Gasteiger partial charge in [0.15, 0.2) is 5.82 Å². The minimum Gasteiger partial charge on any atom is -0.508 e. The number of piperazine rings is 1. The number of aromatic nitrogens is 3. The number of phenolic OH excluding ortho intramolecular Hbond substituents is 1. The average Bonchev–Trinajstić information content (AvgIpc) is 4.05. The minimum absolute atomic E-state index is 0.00625. The molecule has 77 heavy (non-hydrogen) atoms. The molecular weight excluding hydrogens is 1030 g/mol. The molecule has 5 N–H and O–H groups in total. The molecular formula is C57H69ClFN9O8S. The number of carbonyl (C=O) groups is 3. The quantitative estimate of drug-likeness (QED) is 0.0532. The highest BCUT2D eigenvalue weighted by molar-refractivity contribution is 7.13. The van der Waals surface area contributed by atoms with Crippen LogP contribution in [0.4, 0.5) is 10.2 Å². The van der Waals surface area contributed by atoms with Gasteiger partial charge in [0.2, 0.25) is 17.7 Å². The van der Waals surface area contributed by atoms with Crippen molar-refractivity contribution in [2.24, 2.45) is 5.41 Å². The zero-order valence-electron chi connectivity index (χ0n) is 44.5. The van der Waals surface area contributed by atoms with E-state index in [0.29, 0.717) is 36.4 Å². The Morgan fingerprint density at radius 3 is 2.42 bits per heavy atom. The summed E-state index contributed by atoms with van der Waals surface area (Å²) in [6.07, 6.45) is 0.371. The summed E-state index contributed by atoms with van der Waals surface area (Å²) in [4.78, 5) is 61.9. The predicted octanol–water partition coefficient (Wildman–Crippen LogP) is 7.42. The van der Waals surface area contributed by atoms with Crippen LogP contribution < -0.4 is 25.6 Å². The number of aliphatic hydroxyl groups is 1. The second kappa shape index (κ2) is 24.3. The number of carbonyl (C=O) groups excluding carboxylic acids is 3. The van der Waals surface area contributed by atoms with Crippen LogP contribution >= 0.6 is 22.9 Å². The predicted molar refractivity (Wildman–Crippen MR) is 297 cm³/mol. The van der Waals surface area contributed by atoms with E-state index in [-0.39, 0.29) is 84.8 Å². The smallest absolute Gasteiger partial charge is 0.319 e. The van der Waals surface area contributed by atoms with E-state index in [4.69, 9.17) is 30.8 Å². The van der Waals surface area contributed by atoms with Gasteiger partial charge in [-0.25, -0.2) is 9.37 Å². The van der Waals surface area contributed by atoms with Gasteiger partial charge in [-0.05, 0) is 84.7 Å². The van der Waals surface area contributed by atoms with Crippen LogP contribution in [0.3, 0.4) is 0 Å². The van der Waals surface area contributed by atoms with Crippen molar-refractivity contribution in [3.05, 3.63) is 94.3 Å². The highest BCUT2D eigenvalue weighted by atomic mass is 35.5. The average molecular weight is 1090 g/mol. The van der Waals surface area contributed by atoms with Crippen molar-refractivity contribution in [1.82, 2.24) is 40.7 Å². The summed E-state index contributed by atoms with van der Waals surface area (Å²) in [5.74, 6) is -1.40. The molecule has 0 spiro atoms. The number of nitrogens with zero attached hydrogens (tertiary/aromatic N) is 6. The molecule has 17 nitrogen and oxygen atoms in total. The number of β-amino-alcohol motifs (C(OH)–C–C–N with tert-alkyl or cyclic N) is 1. The van der Waals surface area contributed by atoms with E-state index in [0.717, 1.165) is 71.5 Å². The van der Waals surface area contributed by atoms with Crippen molar-refractivity contribution in [1.29, 1.82) is 0 Å². The Balaban J connectivity index is 0.739. The van der Waals surface area contributed by atoms with Crippen molar-refractivity contribution in [2.45, 2.75) is 97.2 Å². The van der Waals surface area contributed by atoms with Crippen molar-refractivity contribution < 1.29 is 43.2 Å². The van der Waals surface area contributed by atoms with E-state index in [1.165, 1.54) is 11.0 Å². The van der Waals surface area contributed by atoms with Gasteiger partial charge in [0.1, 0.15) is 41.9 Å². The molecule has 20 heteroatoms. The first-order chi connectivity index (χ1) is 36.9. The molecule has 2 unspecified atom stereocenters.